The Bertz CT molecular complexity index is 1310. The topological polar surface area (TPSA) is 43.3 Å². The van der Waals surface area contributed by atoms with Gasteiger partial charge < -0.3 is 14.6 Å². The van der Waals surface area contributed by atoms with Gasteiger partial charge in [0.05, 0.1) is 29.2 Å². The van der Waals surface area contributed by atoms with Gasteiger partial charge in [-0.05, 0) is 59.7 Å². The number of benzene rings is 3. The SMILES string of the molecule is COCCNC(=O)c1ccc(-c2ccc(-c3ccc(Cl)cc3)n2-c2ccccc2C(F)(F)F)cc1. The second-order valence-electron chi connectivity index (χ2n) is 7.79. The van der Waals surface area contributed by atoms with Crippen LogP contribution in [-0.2, 0) is 10.9 Å². The second kappa shape index (κ2) is 10.4. The summed E-state index contributed by atoms with van der Waals surface area (Å²) in [6.07, 6.45) is -4.54. The molecule has 1 aromatic heterocycles. The van der Waals surface area contributed by atoms with Gasteiger partial charge in [-0.2, -0.15) is 13.2 Å². The molecule has 3 aromatic carbocycles. The Labute approximate surface area is 205 Å². The van der Waals surface area contributed by atoms with Crippen LogP contribution in [-0.4, -0.2) is 30.7 Å². The lowest BCUT2D eigenvalue weighted by Crippen LogP contribution is -2.26. The van der Waals surface area contributed by atoms with Gasteiger partial charge in [0.2, 0.25) is 0 Å². The highest BCUT2D eigenvalue weighted by Crippen LogP contribution is 2.39. The molecule has 4 nitrogen and oxygen atoms in total. The van der Waals surface area contributed by atoms with Gasteiger partial charge in [0.15, 0.2) is 0 Å². The fourth-order valence-electron chi connectivity index (χ4n) is 3.84. The molecule has 180 valence electrons. The maximum Gasteiger partial charge on any atom is 0.418 e. The standard InChI is InChI=1S/C27H22ClF3N2O2/c1-35-17-16-32-26(34)20-8-6-18(7-9-20)23-14-15-24(19-10-12-21(28)13-11-19)33(23)25-5-3-2-4-22(25)27(29,30)31/h2-15H,16-17H2,1H3,(H,32,34). The van der Waals surface area contributed by atoms with Crippen LogP contribution in [0.15, 0.2) is 84.9 Å². The van der Waals surface area contributed by atoms with Crippen molar-refractivity contribution in [3.63, 3.8) is 0 Å². The molecule has 0 spiro atoms. The van der Waals surface area contributed by atoms with E-state index in [0.717, 1.165) is 6.07 Å². The number of amides is 1. The molecule has 0 saturated heterocycles. The fraction of sp³-hybridized carbons (Fsp3) is 0.148. The number of aromatic nitrogens is 1. The molecule has 0 fully saturated rings. The van der Waals surface area contributed by atoms with Crippen molar-refractivity contribution in [3.8, 4) is 28.2 Å². The lowest BCUT2D eigenvalue weighted by molar-refractivity contribution is -0.137. The Morgan fingerprint density at radius 2 is 1.46 bits per heavy atom. The van der Waals surface area contributed by atoms with E-state index in [1.54, 1.807) is 78.4 Å². The highest BCUT2D eigenvalue weighted by molar-refractivity contribution is 6.30. The number of carbonyl (C=O) groups is 1. The molecular weight excluding hydrogens is 477 g/mol. The summed E-state index contributed by atoms with van der Waals surface area (Å²) in [6.45, 7) is 0.766. The second-order valence-corrected chi connectivity index (χ2v) is 8.22. The zero-order valence-electron chi connectivity index (χ0n) is 18.8. The number of halogens is 4. The number of para-hydroxylation sites is 1. The van der Waals surface area contributed by atoms with Gasteiger partial charge in [-0.15, -0.1) is 0 Å². The van der Waals surface area contributed by atoms with E-state index in [2.05, 4.69) is 5.32 Å². The normalized spacial score (nSPS) is 11.5. The van der Waals surface area contributed by atoms with Crippen LogP contribution in [0, 0.1) is 0 Å². The number of hydrogen-bond donors (Lipinski definition) is 1. The van der Waals surface area contributed by atoms with Crippen molar-refractivity contribution in [2.45, 2.75) is 6.18 Å². The average molecular weight is 499 g/mol. The molecule has 0 aliphatic heterocycles. The first-order valence-corrected chi connectivity index (χ1v) is 11.2. The summed E-state index contributed by atoms with van der Waals surface area (Å²) in [5.74, 6) is -0.256. The molecule has 4 rings (SSSR count). The van der Waals surface area contributed by atoms with Gasteiger partial charge >= 0.3 is 6.18 Å². The summed E-state index contributed by atoms with van der Waals surface area (Å²) in [5, 5.41) is 3.28. The minimum atomic E-state index is -4.54. The summed E-state index contributed by atoms with van der Waals surface area (Å²) in [7, 11) is 1.55. The highest BCUT2D eigenvalue weighted by atomic mass is 35.5. The minimum absolute atomic E-state index is 0.00587. The molecule has 1 N–H and O–H groups in total. The first-order chi connectivity index (χ1) is 16.8. The number of carbonyl (C=O) groups excluding carboxylic acids is 1. The van der Waals surface area contributed by atoms with E-state index in [4.69, 9.17) is 16.3 Å². The Morgan fingerprint density at radius 1 is 0.886 bits per heavy atom. The van der Waals surface area contributed by atoms with E-state index in [9.17, 15) is 18.0 Å². The maximum atomic E-state index is 13.9. The molecule has 0 unspecified atom stereocenters. The Hall–Kier alpha value is -3.55. The molecule has 4 aromatic rings. The molecule has 1 heterocycles. The van der Waals surface area contributed by atoms with Crippen LogP contribution in [0.4, 0.5) is 13.2 Å². The van der Waals surface area contributed by atoms with Crippen molar-refractivity contribution < 1.29 is 22.7 Å². The van der Waals surface area contributed by atoms with Crippen molar-refractivity contribution in [1.29, 1.82) is 0 Å². The van der Waals surface area contributed by atoms with Crippen LogP contribution < -0.4 is 5.32 Å². The van der Waals surface area contributed by atoms with Crippen molar-refractivity contribution >= 4 is 17.5 Å². The average Bonchev–Trinajstić information content (AvgIpc) is 3.29. The van der Waals surface area contributed by atoms with Gasteiger partial charge in [0.25, 0.3) is 5.91 Å². The third-order valence-electron chi connectivity index (χ3n) is 5.51. The Balaban J connectivity index is 1.82. The zero-order valence-corrected chi connectivity index (χ0v) is 19.5. The zero-order chi connectivity index (χ0) is 25.0. The molecule has 0 radical (unpaired) electrons. The van der Waals surface area contributed by atoms with Crippen molar-refractivity contribution in [1.82, 2.24) is 9.88 Å². The summed E-state index contributed by atoms with van der Waals surface area (Å²) in [6, 6.07) is 22.7. The van der Waals surface area contributed by atoms with Crippen LogP contribution in [0.2, 0.25) is 5.02 Å². The first-order valence-electron chi connectivity index (χ1n) is 10.8. The quantitative estimate of drug-likeness (QED) is 0.283. The summed E-state index contributed by atoms with van der Waals surface area (Å²) >= 11 is 6.03. The fourth-order valence-corrected chi connectivity index (χ4v) is 3.96. The number of nitrogens with zero attached hydrogens (tertiary/aromatic N) is 1. The molecule has 35 heavy (non-hydrogen) atoms. The van der Waals surface area contributed by atoms with Crippen LogP contribution in [0.25, 0.3) is 28.2 Å². The van der Waals surface area contributed by atoms with E-state index in [0.29, 0.717) is 46.3 Å². The lowest BCUT2D eigenvalue weighted by atomic mass is 10.1. The summed E-state index contributed by atoms with van der Waals surface area (Å²) in [5.41, 5.74) is 2.21. The molecule has 8 heteroatoms. The maximum absolute atomic E-state index is 13.9. The van der Waals surface area contributed by atoms with Crippen LogP contribution in [0.5, 0.6) is 0 Å². The Kier molecular flexibility index (Phi) is 7.28. The van der Waals surface area contributed by atoms with Crippen LogP contribution in [0.1, 0.15) is 15.9 Å². The van der Waals surface area contributed by atoms with Crippen molar-refractivity contribution in [3.05, 3.63) is 101 Å². The number of methoxy groups -OCH3 is 1. The lowest BCUT2D eigenvalue weighted by Gasteiger charge is -2.19. The van der Waals surface area contributed by atoms with E-state index in [1.807, 2.05) is 0 Å². The molecule has 0 saturated carbocycles. The van der Waals surface area contributed by atoms with Crippen LogP contribution in [0.3, 0.4) is 0 Å². The number of ether oxygens (including phenoxy) is 1. The third-order valence-corrected chi connectivity index (χ3v) is 5.76. The summed E-state index contributed by atoms with van der Waals surface area (Å²) in [4.78, 5) is 12.3. The molecule has 0 aliphatic carbocycles. The predicted octanol–water partition coefficient (Wildman–Crippen LogP) is 6.86. The largest absolute Gasteiger partial charge is 0.418 e. The number of hydrogen-bond acceptors (Lipinski definition) is 2. The molecule has 0 atom stereocenters. The highest BCUT2D eigenvalue weighted by Gasteiger charge is 2.34. The number of rotatable bonds is 7. The van der Waals surface area contributed by atoms with Gasteiger partial charge in [-0.1, -0.05) is 48.0 Å². The van der Waals surface area contributed by atoms with Gasteiger partial charge in [-0.3, -0.25) is 4.79 Å². The number of alkyl halides is 3. The van der Waals surface area contributed by atoms with Crippen LogP contribution >= 0.6 is 11.6 Å². The molecular formula is C27H22ClF3N2O2. The van der Waals surface area contributed by atoms with Gasteiger partial charge in [-0.25, -0.2) is 0 Å². The predicted molar refractivity (Wildman–Crippen MR) is 131 cm³/mol. The molecule has 0 aliphatic rings. The van der Waals surface area contributed by atoms with E-state index < -0.39 is 11.7 Å². The van der Waals surface area contributed by atoms with E-state index in [-0.39, 0.29) is 11.6 Å². The monoisotopic (exact) mass is 498 g/mol. The Morgan fingerprint density at radius 3 is 2.03 bits per heavy atom. The van der Waals surface area contributed by atoms with Gasteiger partial charge in [0, 0.05) is 24.2 Å². The molecule has 0 bridgehead atoms. The summed E-state index contributed by atoms with van der Waals surface area (Å²) < 4.78 is 48.4. The smallest absolute Gasteiger partial charge is 0.383 e. The molecule has 1 amide bonds. The van der Waals surface area contributed by atoms with E-state index in [1.165, 1.54) is 12.1 Å². The third kappa shape index (κ3) is 5.42. The van der Waals surface area contributed by atoms with E-state index >= 15 is 0 Å². The van der Waals surface area contributed by atoms with Crippen molar-refractivity contribution in [2.75, 3.05) is 20.3 Å². The van der Waals surface area contributed by atoms with Gasteiger partial charge in [0.1, 0.15) is 0 Å². The van der Waals surface area contributed by atoms with Crippen molar-refractivity contribution in [2.24, 2.45) is 0 Å². The number of nitrogens with one attached hydrogen (secondary N) is 1. The first kappa shape index (κ1) is 24.6. The minimum Gasteiger partial charge on any atom is -0.383 e.